The maximum atomic E-state index is 11.9. The lowest BCUT2D eigenvalue weighted by molar-refractivity contribution is 0.970. The third kappa shape index (κ3) is 2.62. The van der Waals surface area contributed by atoms with E-state index in [1.807, 2.05) is 5.38 Å². The second kappa shape index (κ2) is 5.30. The van der Waals surface area contributed by atoms with Crippen LogP contribution in [0.25, 0.3) is 10.9 Å². The molecule has 3 aromatic rings. The predicted octanol–water partition coefficient (Wildman–Crippen LogP) is 1.62. The van der Waals surface area contributed by atoms with E-state index in [1.54, 1.807) is 35.7 Å². The first-order valence-corrected chi connectivity index (χ1v) is 7.02. The van der Waals surface area contributed by atoms with Gasteiger partial charge in [-0.25, -0.2) is 9.97 Å². The topological polar surface area (TPSA) is 96.7 Å². The number of nitrogens with zero attached hydrogens (tertiary/aromatic N) is 2. The van der Waals surface area contributed by atoms with Crippen LogP contribution in [-0.2, 0) is 6.42 Å². The van der Waals surface area contributed by atoms with Crippen molar-refractivity contribution in [2.24, 2.45) is 0 Å². The van der Waals surface area contributed by atoms with Gasteiger partial charge >= 0.3 is 0 Å². The van der Waals surface area contributed by atoms with E-state index in [4.69, 9.17) is 5.73 Å². The number of thiazole rings is 1. The number of nitrogens with two attached hydrogens (primary N) is 1. The summed E-state index contributed by atoms with van der Waals surface area (Å²) in [7, 11) is 0. The number of hydrogen-bond donors (Lipinski definition) is 3. The zero-order valence-corrected chi connectivity index (χ0v) is 11.4. The first-order valence-electron chi connectivity index (χ1n) is 6.14. The largest absolute Gasteiger partial charge is 0.399 e. The highest BCUT2D eigenvalue weighted by atomic mass is 32.1. The predicted molar refractivity (Wildman–Crippen MR) is 81.1 cm³/mol. The van der Waals surface area contributed by atoms with Crippen molar-refractivity contribution in [3.63, 3.8) is 0 Å². The van der Waals surface area contributed by atoms with E-state index in [0.717, 1.165) is 11.4 Å². The summed E-state index contributed by atoms with van der Waals surface area (Å²) >= 11 is 1.61. The van der Waals surface area contributed by atoms with Crippen molar-refractivity contribution < 1.29 is 0 Å². The number of benzene rings is 1. The minimum absolute atomic E-state index is 0.195. The molecule has 0 atom stereocenters. The van der Waals surface area contributed by atoms with Crippen molar-refractivity contribution in [1.82, 2.24) is 15.0 Å². The first kappa shape index (κ1) is 12.6. The van der Waals surface area contributed by atoms with Crippen molar-refractivity contribution in [2.75, 3.05) is 17.6 Å². The Hall–Kier alpha value is -2.41. The van der Waals surface area contributed by atoms with E-state index in [9.17, 15) is 4.79 Å². The van der Waals surface area contributed by atoms with Gasteiger partial charge in [0.15, 0.2) is 0 Å². The van der Waals surface area contributed by atoms with E-state index in [1.165, 1.54) is 0 Å². The average molecular weight is 287 g/mol. The van der Waals surface area contributed by atoms with Crippen LogP contribution in [0, 0.1) is 0 Å². The molecule has 102 valence electrons. The molecule has 0 radical (unpaired) electrons. The number of aromatic amines is 1. The summed E-state index contributed by atoms with van der Waals surface area (Å²) in [5.74, 6) is 0.462. The van der Waals surface area contributed by atoms with E-state index in [-0.39, 0.29) is 5.56 Å². The highest BCUT2D eigenvalue weighted by Crippen LogP contribution is 2.13. The van der Waals surface area contributed by atoms with Gasteiger partial charge in [0, 0.05) is 30.2 Å². The summed E-state index contributed by atoms with van der Waals surface area (Å²) in [5.41, 5.74) is 6.64. The van der Waals surface area contributed by atoms with Crippen LogP contribution in [0.5, 0.6) is 0 Å². The molecule has 0 saturated heterocycles. The lowest BCUT2D eigenvalue weighted by Crippen LogP contribution is -2.15. The monoisotopic (exact) mass is 287 g/mol. The normalized spacial score (nSPS) is 10.8. The van der Waals surface area contributed by atoms with Gasteiger partial charge < -0.3 is 11.1 Å². The van der Waals surface area contributed by atoms with Crippen LogP contribution in [0.1, 0.15) is 5.01 Å². The van der Waals surface area contributed by atoms with E-state index in [0.29, 0.717) is 29.1 Å². The first-order chi connectivity index (χ1) is 9.72. The molecule has 4 N–H and O–H groups in total. The smallest absolute Gasteiger partial charge is 0.260 e. The zero-order chi connectivity index (χ0) is 13.9. The van der Waals surface area contributed by atoms with E-state index < -0.39 is 0 Å². The van der Waals surface area contributed by atoms with Crippen LogP contribution in [0.15, 0.2) is 34.6 Å². The van der Waals surface area contributed by atoms with Crippen LogP contribution in [0.3, 0.4) is 0 Å². The molecule has 0 saturated carbocycles. The van der Waals surface area contributed by atoms with Gasteiger partial charge in [0.25, 0.3) is 5.56 Å². The minimum Gasteiger partial charge on any atom is -0.399 e. The van der Waals surface area contributed by atoms with Crippen LogP contribution in [0.2, 0.25) is 0 Å². The number of nitrogen functional groups attached to an aromatic ring is 1. The fraction of sp³-hybridized carbons (Fsp3) is 0.154. The van der Waals surface area contributed by atoms with Crippen LogP contribution in [-0.4, -0.2) is 21.5 Å². The summed E-state index contributed by atoms with van der Waals surface area (Å²) in [5, 5.41) is 6.58. The van der Waals surface area contributed by atoms with Gasteiger partial charge in [-0.3, -0.25) is 9.78 Å². The Bertz CT molecular complexity index is 781. The summed E-state index contributed by atoms with van der Waals surface area (Å²) in [6.45, 7) is 0.664. The number of fused-ring (bicyclic) bond motifs is 1. The van der Waals surface area contributed by atoms with Crippen molar-refractivity contribution in [3.05, 3.63) is 45.1 Å². The maximum absolute atomic E-state index is 11.9. The van der Waals surface area contributed by atoms with Gasteiger partial charge in [-0.2, -0.15) is 0 Å². The Labute approximate surface area is 118 Å². The molecule has 0 fully saturated rings. The third-order valence-corrected chi connectivity index (χ3v) is 3.68. The number of anilines is 2. The van der Waals surface area contributed by atoms with Crippen molar-refractivity contribution in [1.29, 1.82) is 0 Å². The summed E-state index contributed by atoms with van der Waals surface area (Å²) in [4.78, 5) is 23.2. The molecule has 20 heavy (non-hydrogen) atoms. The fourth-order valence-electron chi connectivity index (χ4n) is 1.90. The Balaban J connectivity index is 1.78. The molecular formula is C13H13N5OS. The molecule has 7 heteroatoms. The minimum atomic E-state index is -0.195. The standard InChI is InChI=1S/C13H13N5OS/c14-8-1-2-10-9(7-8)12(19)18-13(17-10)16-4-3-11-15-5-6-20-11/h1-2,5-7H,3-4,14H2,(H2,16,17,18,19). The molecule has 0 aliphatic heterocycles. The summed E-state index contributed by atoms with van der Waals surface area (Å²) in [6.07, 6.45) is 2.57. The van der Waals surface area contributed by atoms with Gasteiger partial charge in [0.05, 0.1) is 15.9 Å². The number of H-pyrrole nitrogens is 1. The summed E-state index contributed by atoms with van der Waals surface area (Å²) < 4.78 is 0. The third-order valence-electron chi connectivity index (χ3n) is 2.84. The average Bonchev–Trinajstić information content (AvgIpc) is 2.93. The highest BCUT2D eigenvalue weighted by molar-refractivity contribution is 7.09. The number of aromatic nitrogens is 3. The lowest BCUT2D eigenvalue weighted by atomic mass is 10.2. The second-order valence-corrected chi connectivity index (χ2v) is 5.27. The van der Waals surface area contributed by atoms with Crippen LogP contribution >= 0.6 is 11.3 Å². The molecule has 1 aromatic carbocycles. The fourth-order valence-corrected chi connectivity index (χ4v) is 2.52. The quantitative estimate of drug-likeness (QED) is 0.633. The Morgan fingerprint density at radius 3 is 3.10 bits per heavy atom. The van der Waals surface area contributed by atoms with Gasteiger partial charge in [-0.05, 0) is 18.2 Å². The molecule has 0 amide bonds. The zero-order valence-electron chi connectivity index (χ0n) is 10.6. The molecule has 2 aromatic heterocycles. The van der Waals surface area contributed by atoms with Gasteiger partial charge in [0.2, 0.25) is 5.95 Å². The number of rotatable bonds is 4. The number of hydrogen-bond acceptors (Lipinski definition) is 6. The van der Waals surface area contributed by atoms with E-state index in [2.05, 4.69) is 20.3 Å². The molecule has 0 aliphatic rings. The van der Waals surface area contributed by atoms with Crippen LogP contribution in [0.4, 0.5) is 11.6 Å². The van der Waals surface area contributed by atoms with Crippen LogP contribution < -0.4 is 16.6 Å². The van der Waals surface area contributed by atoms with Crippen molar-refractivity contribution in [3.8, 4) is 0 Å². The Morgan fingerprint density at radius 2 is 2.30 bits per heavy atom. The Kier molecular flexibility index (Phi) is 3.34. The molecule has 2 heterocycles. The highest BCUT2D eigenvalue weighted by Gasteiger charge is 2.04. The molecule has 0 bridgehead atoms. The molecular weight excluding hydrogens is 274 g/mol. The van der Waals surface area contributed by atoms with Gasteiger partial charge in [0.1, 0.15) is 0 Å². The maximum Gasteiger partial charge on any atom is 0.260 e. The van der Waals surface area contributed by atoms with Crippen molar-refractivity contribution in [2.45, 2.75) is 6.42 Å². The SMILES string of the molecule is Nc1ccc2nc(NCCc3nccs3)[nH]c(=O)c2c1. The van der Waals surface area contributed by atoms with Gasteiger partial charge in [-0.1, -0.05) is 0 Å². The molecule has 0 unspecified atom stereocenters. The number of nitrogens with one attached hydrogen (secondary N) is 2. The van der Waals surface area contributed by atoms with E-state index >= 15 is 0 Å². The molecule has 0 spiro atoms. The summed E-state index contributed by atoms with van der Waals surface area (Å²) in [6, 6.07) is 5.10. The van der Waals surface area contributed by atoms with Gasteiger partial charge in [-0.15, -0.1) is 11.3 Å². The Morgan fingerprint density at radius 1 is 1.40 bits per heavy atom. The molecule has 6 nitrogen and oxygen atoms in total. The lowest BCUT2D eigenvalue weighted by Gasteiger charge is -2.05. The van der Waals surface area contributed by atoms with Crippen molar-refractivity contribution >= 4 is 33.9 Å². The molecule has 0 aliphatic carbocycles. The molecule has 3 rings (SSSR count). The second-order valence-electron chi connectivity index (χ2n) is 4.29.